The van der Waals surface area contributed by atoms with Crippen molar-refractivity contribution in [3.8, 4) is 5.75 Å². The van der Waals surface area contributed by atoms with Crippen LogP contribution in [0.25, 0.3) is 11.0 Å². The first-order valence-corrected chi connectivity index (χ1v) is 7.57. The zero-order valence-corrected chi connectivity index (χ0v) is 13.3. The second kappa shape index (κ2) is 6.57. The molecule has 4 heteroatoms. The second-order valence-corrected chi connectivity index (χ2v) is 5.54. The fourth-order valence-corrected chi connectivity index (χ4v) is 2.38. The first kappa shape index (κ1) is 15.2. The lowest BCUT2D eigenvalue weighted by Gasteiger charge is -2.16. The third-order valence-electron chi connectivity index (χ3n) is 3.67. The Bertz CT molecular complexity index is 789. The van der Waals surface area contributed by atoms with Crippen LogP contribution in [-0.2, 0) is 0 Å². The van der Waals surface area contributed by atoms with Gasteiger partial charge in [0.05, 0.1) is 6.54 Å². The summed E-state index contributed by atoms with van der Waals surface area (Å²) in [4.78, 5) is 14.0. The highest BCUT2D eigenvalue weighted by Gasteiger charge is 2.16. The summed E-state index contributed by atoms with van der Waals surface area (Å²) >= 11 is 0. The number of hydrogen-bond acceptors (Lipinski definition) is 3. The molecule has 1 amide bonds. The molecule has 0 saturated heterocycles. The van der Waals surface area contributed by atoms with E-state index in [1.165, 1.54) is 0 Å². The van der Waals surface area contributed by atoms with Crippen LogP contribution in [0.1, 0.15) is 16.1 Å². The number of rotatable bonds is 5. The first-order chi connectivity index (χ1) is 11.1. The van der Waals surface area contributed by atoms with Crippen molar-refractivity contribution in [1.82, 2.24) is 4.90 Å². The number of likely N-dealkylation sites (N-methyl/N-ethyl adjacent to an activating group) is 1. The number of para-hydroxylation sites is 1. The molecule has 1 heterocycles. The summed E-state index contributed by atoms with van der Waals surface area (Å²) in [7, 11) is 1.75. The zero-order valence-electron chi connectivity index (χ0n) is 13.3. The van der Waals surface area contributed by atoms with Crippen LogP contribution in [0.5, 0.6) is 5.75 Å². The number of carbonyl (C=O) groups excluding carboxylic acids is 1. The monoisotopic (exact) mass is 309 g/mol. The van der Waals surface area contributed by atoms with Crippen molar-refractivity contribution < 1.29 is 13.9 Å². The van der Waals surface area contributed by atoms with Crippen molar-refractivity contribution in [2.24, 2.45) is 0 Å². The standard InChI is InChI=1S/C19H19NO3/c1-14-6-5-8-16(12-14)22-11-10-20(2)19(21)18-13-15-7-3-4-9-17(15)23-18/h3-9,12-13H,10-11H2,1-2H3. The number of nitrogens with zero attached hydrogens (tertiary/aromatic N) is 1. The number of aryl methyl sites for hydroxylation is 1. The van der Waals surface area contributed by atoms with Crippen LogP contribution >= 0.6 is 0 Å². The lowest BCUT2D eigenvalue weighted by atomic mass is 10.2. The van der Waals surface area contributed by atoms with Crippen molar-refractivity contribution in [3.63, 3.8) is 0 Å². The fraction of sp³-hybridized carbons (Fsp3) is 0.211. The molecule has 0 spiro atoms. The van der Waals surface area contributed by atoms with Gasteiger partial charge in [-0.15, -0.1) is 0 Å². The number of furan rings is 1. The van der Waals surface area contributed by atoms with E-state index in [0.29, 0.717) is 18.9 Å². The van der Waals surface area contributed by atoms with Crippen molar-refractivity contribution >= 4 is 16.9 Å². The number of fused-ring (bicyclic) bond motifs is 1. The maximum absolute atomic E-state index is 12.4. The molecule has 0 radical (unpaired) electrons. The third kappa shape index (κ3) is 3.54. The highest BCUT2D eigenvalue weighted by Crippen LogP contribution is 2.19. The fourth-order valence-electron chi connectivity index (χ4n) is 2.38. The Morgan fingerprint density at radius 1 is 1.13 bits per heavy atom. The van der Waals surface area contributed by atoms with E-state index in [1.807, 2.05) is 55.5 Å². The largest absolute Gasteiger partial charge is 0.492 e. The Balaban J connectivity index is 1.59. The molecule has 3 rings (SSSR count). The minimum Gasteiger partial charge on any atom is -0.492 e. The van der Waals surface area contributed by atoms with Gasteiger partial charge in [-0.2, -0.15) is 0 Å². The first-order valence-electron chi connectivity index (χ1n) is 7.57. The molecule has 0 unspecified atom stereocenters. The molecule has 0 aliphatic rings. The quantitative estimate of drug-likeness (QED) is 0.718. The van der Waals surface area contributed by atoms with Gasteiger partial charge in [0.25, 0.3) is 5.91 Å². The SMILES string of the molecule is Cc1cccc(OCCN(C)C(=O)c2cc3ccccc3o2)c1. The topological polar surface area (TPSA) is 42.7 Å². The summed E-state index contributed by atoms with van der Waals surface area (Å²) in [6, 6.07) is 17.2. The van der Waals surface area contributed by atoms with Gasteiger partial charge >= 0.3 is 0 Å². The lowest BCUT2D eigenvalue weighted by Crippen LogP contribution is -2.30. The van der Waals surface area contributed by atoms with Gasteiger partial charge in [0.15, 0.2) is 5.76 Å². The van der Waals surface area contributed by atoms with Crippen LogP contribution in [0.4, 0.5) is 0 Å². The van der Waals surface area contributed by atoms with Crippen molar-refractivity contribution in [2.75, 3.05) is 20.2 Å². The van der Waals surface area contributed by atoms with E-state index < -0.39 is 0 Å². The van der Waals surface area contributed by atoms with Crippen molar-refractivity contribution in [2.45, 2.75) is 6.92 Å². The molecule has 2 aromatic carbocycles. The van der Waals surface area contributed by atoms with Gasteiger partial charge in [-0.1, -0.05) is 30.3 Å². The summed E-state index contributed by atoms with van der Waals surface area (Å²) in [5.41, 5.74) is 1.87. The molecule has 0 aliphatic heterocycles. The predicted octanol–water partition coefficient (Wildman–Crippen LogP) is 3.89. The van der Waals surface area contributed by atoms with Crippen LogP contribution in [-0.4, -0.2) is 31.0 Å². The number of amides is 1. The van der Waals surface area contributed by atoms with Crippen molar-refractivity contribution in [1.29, 1.82) is 0 Å². The minimum absolute atomic E-state index is 0.144. The Morgan fingerprint density at radius 3 is 2.74 bits per heavy atom. The third-order valence-corrected chi connectivity index (χ3v) is 3.67. The molecule has 118 valence electrons. The van der Waals surface area contributed by atoms with Gasteiger partial charge in [-0.25, -0.2) is 0 Å². The van der Waals surface area contributed by atoms with E-state index in [2.05, 4.69) is 0 Å². The average Bonchev–Trinajstić information content (AvgIpc) is 2.98. The Morgan fingerprint density at radius 2 is 1.96 bits per heavy atom. The molecular weight excluding hydrogens is 290 g/mol. The summed E-state index contributed by atoms with van der Waals surface area (Å²) in [6.07, 6.45) is 0. The zero-order chi connectivity index (χ0) is 16.2. The minimum atomic E-state index is -0.144. The van der Waals surface area contributed by atoms with E-state index in [4.69, 9.17) is 9.15 Å². The van der Waals surface area contributed by atoms with E-state index in [-0.39, 0.29) is 5.91 Å². The second-order valence-electron chi connectivity index (χ2n) is 5.54. The number of ether oxygens (including phenoxy) is 1. The molecule has 0 atom stereocenters. The van der Waals surface area contributed by atoms with Crippen LogP contribution in [0, 0.1) is 6.92 Å². The van der Waals surface area contributed by atoms with E-state index >= 15 is 0 Å². The maximum atomic E-state index is 12.4. The Kier molecular flexibility index (Phi) is 4.33. The van der Waals surface area contributed by atoms with Crippen LogP contribution in [0.15, 0.2) is 59.0 Å². The smallest absolute Gasteiger partial charge is 0.289 e. The molecule has 23 heavy (non-hydrogen) atoms. The molecule has 3 aromatic rings. The molecule has 0 bridgehead atoms. The van der Waals surface area contributed by atoms with E-state index in [9.17, 15) is 4.79 Å². The van der Waals surface area contributed by atoms with Gasteiger partial charge in [0.1, 0.15) is 17.9 Å². The van der Waals surface area contributed by atoms with Gasteiger partial charge < -0.3 is 14.1 Å². The summed E-state index contributed by atoms with van der Waals surface area (Å²) < 4.78 is 11.3. The molecule has 0 N–H and O–H groups in total. The van der Waals surface area contributed by atoms with E-state index in [1.54, 1.807) is 18.0 Å². The van der Waals surface area contributed by atoms with Gasteiger partial charge in [0, 0.05) is 12.4 Å². The van der Waals surface area contributed by atoms with Crippen LogP contribution < -0.4 is 4.74 Å². The molecular formula is C19H19NO3. The van der Waals surface area contributed by atoms with Crippen LogP contribution in [0.3, 0.4) is 0 Å². The normalized spacial score (nSPS) is 10.7. The Labute approximate surface area is 135 Å². The molecule has 0 saturated carbocycles. The summed E-state index contributed by atoms with van der Waals surface area (Å²) in [6.45, 7) is 2.94. The molecule has 1 aromatic heterocycles. The van der Waals surface area contributed by atoms with Crippen LogP contribution in [0.2, 0.25) is 0 Å². The number of carbonyl (C=O) groups is 1. The Hall–Kier alpha value is -2.75. The number of hydrogen-bond donors (Lipinski definition) is 0. The summed E-state index contributed by atoms with van der Waals surface area (Å²) in [5, 5.41) is 0.931. The predicted molar refractivity (Wildman–Crippen MR) is 89.8 cm³/mol. The van der Waals surface area contributed by atoms with Gasteiger partial charge in [-0.3, -0.25) is 4.79 Å². The van der Waals surface area contributed by atoms with Crippen molar-refractivity contribution in [3.05, 3.63) is 65.9 Å². The highest BCUT2D eigenvalue weighted by molar-refractivity contribution is 5.95. The van der Waals surface area contributed by atoms with Gasteiger partial charge in [-0.05, 0) is 36.8 Å². The van der Waals surface area contributed by atoms with Gasteiger partial charge in [0.2, 0.25) is 0 Å². The number of benzene rings is 2. The molecule has 0 fully saturated rings. The lowest BCUT2D eigenvalue weighted by molar-refractivity contribution is 0.0745. The average molecular weight is 309 g/mol. The maximum Gasteiger partial charge on any atom is 0.289 e. The summed E-state index contributed by atoms with van der Waals surface area (Å²) in [5.74, 6) is 1.02. The molecule has 4 nitrogen and oxygen atoms in total. The highest BCUT2D eigenvalue weighted by atomic mass is 16.5. The molecule has 0 aliphatic carbocycles. The van der Waals surface area contributed by atoms with E-state index in [0.717, 1.165) is 22.3 Å².